The van der Waals surface area contributed by atoms with Crippen molar-refractivity contribution in [1.82, 2.24) is 0 Å². The molecule has 3 N–H and O–H groups in total. The molecule has 0 aliphatic carbocycles. The van der Waals surface area contributed by atoms with Gasteiger partial charge in [-0.3, -0.25) is 4.79 Å². The van der Waals surface area contributed by atoms with Gasteiger partial charge in [0.05, 0.1) is 0 Å². The average molecular weight is 236 g/mol. The molecular formula is C11H22ClNO2. The Kier molecular flexibility index (Phi) is 9.84. The van der Waals surface area contributed by atoms with E-state index in [1.165, 1.54) is 0 Å². The lowest BCUT2D eigenvalue weighted by Gasteiger charge is -2.19. The van der Waals surface area contributed by atoms with Gasteiger partial charge < -0.3 is 10.8 Å². The van der Waals surface area contributed by atoms with E-state index >= 15 is 0 Å². The minimum atomic E-state index is -0.909. The van der Waals surface area contributed by atoms with E-state index in [1.54, 1.807) is 0 Å². The largest absolute Gasteiger partial charge is 0.480 e. The summed E-state index contributed by atoms with van der Waals surface area (Å²) < 4.78 is 0. The summed E-state index contributed by atoms with van der Waals surface area (Å²) in [5, 5.41) is 8.70. The van der Waals surface area contributed by atoms with E-state index in [9.17, 15) is 4.79 Å². The van der Waals surface area contributed by atoms with Crippen LogP contribution in [-0.2, 0) is 4.79 Å². The van der Waals surface area contributed by atoms with Crippen LogP contribution in [0.2, 0.25) is 0 Å². The van der Waals surface area contributed by atoms with Gasteiger partial charge >= 0.3 is 5.97 Å². The van der Waals surface area contributed by atoms with Crippen LogP contribution in [0.4, 0.5) is 0 Å². The summed E-state index contributed by atoms with van der Waals surface area (Å²) in [7, 11) is 0. The number of allylic oxidation sites excluding steroid dienone is 1. The minimum absolute atomic E-state index is 0. The Balaban J connectivity index is 0. The number of carboxylic acids is 1. The van der Waals surface area contributed by atoms with Crippen LogP contribution in [0.1, 0.15) is 33.1 Å². The van der Waals surface area contributed by atoms with Gasteiger partial charge in [0.15, 0.2) is 0 Å². The lowest BCUT2D eigenvalue weighted by Crippen LogP contribution is -2.37. The third kappa shape index (κ3) is 7.40. The van der Waals surface area contributed by atoms with Gasteiger partial charge in [-0.2, -0.15) is 0 Å². The van der Waals surface area contributed by atoms with E-state index in [4.69, 9.17) is 10.8 Å². The van der Waals surface area contributed by atoms with Crippen LogP contribution in [0.15, 0.2) is 12.7 Å². The molecule has 0 aliphatic heterocycles. The summed E-state index contributed by atoms with van der Waals surface area (Å²) >= 11 is 0. The first kappa shape index (κ1) is 16.9. The van der Waals surface area contributed by atoms with Crippen molar-refractivity contribution in [3.8, 4) is 0 Å². The summed E-state index contributed by atoms with van der Waals surface area (Å²) in [6.45, 7) is 7.67. The average Bonchev–Trinajstić information content (AvgIpc) is 2.13. The van der Waals surface area contributed by atoms with Crippen molar-refractivity contribution < 1.29 is 9.90 Å². The molecule has 3 atom stereocenters. The van der Waals surface area contributed by atoms with E-state index in [0.717, 1.165) is 19.3 Å². The van der Waals surface area contributed by atoms with E-state index in [0.29, 0.717) is 5.92 Å². The van der Waals surface area contributed by atoms with Crippen LogP contribution in [0, 0.1) is 11.8 Å². The summed E-state index contributed by atoms with van der Waals surface area (Å²) in [5.41, 5.74) is 5.52. The van der Waals surface area contributed by atoms with Crippen LogP contribution >= 0.6 is 12.4 Å². The lowest BCUT2D eigenvalue weighted by molar-refractivity contribution is -0.139. The SMILES string of the molecule is C=CCCC(C)CC(C)C(N)C(=O)O.Cl. The number of rotatable bonds is 7. The van der Waals surface area contributed by atoms with Gasteiger partial charge in [0.2, 0.25) is 0 Å². The lowest BCUT2D eigenvalue weighted by atomic mass is 9.89. The van der Waals surface area contributed by atoms with Crippen molar-refractivity contribution in [2.45, 2.75) is 39.2 Å². The Morgan fingerprint density at radius 2 is 2.07 bits per heavy atom. The zero-order valence-electron chi connectivity index (χ0n) is 9.48. The highest BCUT2D eigenvalue weighted by molar-refractivity contribution is 5.85. The fourth-order valence-corrected chi connectivity index (χ4v) is 1.54. The molecule has 0 bridgehead atoms. The molecule has 0 heterocycles. The second kappa shape index (κ2) is 8.74. The van der Waals surface area contributed by atoms with Gasteiger partial charge in [-0.15, -0.1) is 19.0 Å². The van der Waals surface area contributed by atoms with Crippen molar-refractivity contribution in [3.05, 3.63) is 12.7 Å². The van der Waals surface area contributed by atoms with Crippen LogP contribution in [-0.4, -0.2) is 17.1 Å². The van der Waals surface area contributed by atoms with Gasteiger partial charge in [0.1, 0.15) is 6.04 Å². The second-order valence-electron chi connectivity index (χ2n) is 4.05. The van der Waals surface area contributed by atoms with Gasteiger partial charge in [-0.25, -0.2) is 0 Å². The summed E-state index contributed by atoms with van der Waals surface area (Å²) in [5.74, 6) is -0.367. The van der Waals surface area contributed by atoms with Crippen molar-refractivity contribution in [1.29, 1.82) is 0 Å². The predicted octanol–water partition coefficient (Wildman–Crippen LogP) is 2.45. The fourth-order valence-electron chi connectivity index (χ4n) is 1.54. The zero-order valence-corrected chi connectivity index (χ0v) is 10.3. The monoisotopic (exact) mass is 235 g/mol. The topological polar surface area (TPSA) is 63.3 Å². The second-order valence-corrected chi connectivity index (χ2v) is 4.05. The van der Waals surface area contributed by atoms with Gasteiger partial charge in [-0.1, -0.05) is 19.9 Å². The maximum Gasteiger partial charge on any atom is 0.320 e. The normalized spacial score (nSPS) is 15.9. The molecule has 0 rings (SSSR count). The van der Waals surface area contributed by atoms with Crippen molar-refractivity contribution in [3.63, 3.8) is 0 Å². The van der Waals surface area contributed by atoms with E-state index < -0.39 is 12.0 Å². The molecule has 90 valence electrons. The molecule has 0 saturated carbocycles. The molecule has 0 saturated heterocycles. The Morgan fingerprint density at radius 1 is 1.53 bits per heavy atom. The van der Waals surface area contributed by atoms with Crippen LogP contribution in [0.5, 0.6) is 0 Å². The van der Waals surface area contributed by atoms with Crippen molar-refractivity contribution in [2.75, 3.05) is 0 Å². The fraction of sp³-hybridized carbons (Fsp3) is 0.727. The maximum atomic E-state index is 10.6. The summed E-state index contributed by atoms with van der Waals surface area (Å²) in [4.78, 5) is 10.6. The highest BCUT2D eigenvalue weighted by Gasteiger charge is 2.21. The molecule has 3 nitrogen and oxygen atoms in total. The molecule has 3 unspecified atom stereocenters. The molecular weight excluding hydrogens is 214 g/mol. The first-order valence-electron chi connectivity index (χ1n) is 5.08. The molecule has 0 fully saturated rings. The molecule has 0 amide bonds. The quantitative estimate of drug-likeness (QED) is 0.667. The van der Waals surface area contributed by atoms with Crippen LogP contribution in [0.25, 0.3) is 0 Å². The van der Waals surface area contributed by atoms with E-state index in [1.807, 2.05) is 13.0 Å². The minimum Gasteiger partial charge on any atom is -0.480 e. The number of aliphatic carboxylic acids is 1. The molecule has 0 aromatic heterocycles. The molecule has 0 spiro atoms. The zero-order chi connectivity index (χ0) is 11.1. The Labute approximate surface area is 98.1 Å². The Hall–Kier alpha value is -0.540. The van der Waals surface area contributed by atoms with E-state index in [-0.39, 0.29) is 18.3 Å². The molecule has 0 aromatic carbocycles. The number of hydrogen-bond donors (Lipinski definition) is 2. The molecule has 0 aliphatic rings. The highest BCUT2D eigenvalue weighted by Crippen LogP contribution is 2.18. The van der Waals surface area contributed by atoms with Crippen LogP contribution < -0.4 is 5.73 Å². The van der Waals surface area contributed by atoms with E-state index in [2.05, 4.69) is 13.5 Å². The molecule has 0 aromatic rings. The number of halogens is 1. The van der Waals surface area contributed by atoms with Crippen molar-refractivity contribution >= 4 is 18.4 Å². The molecule has 15 heavy (non-hydrogen) atoms. The molecule has 4 heteroatoms. The number of nitrogens with two attached hydrogens (primary N) is 1. The summed E-state index contributed by atoms with van der Waals surface area (Å²) in [6, 6.07) is -0.735. The third-order valence-corrected chi connectivity index (χ3v) is 2.54. The number of hydrogen-bond acceptors (Lipinski definition) is 2. The van der Waals surface area contributed by atoms with Gasteiger partial charge in [0, 0.05) is 0 Å². The first-order valence-corrected chi connectivity index (χ1v) is 5.08. The van der Waals surface area contributed by atoms with Crippen LogP contribution in [0.3, 0.4) is 0 Å². The number of carboxylic acid groups (broad SMARTS) is 1. The first-order chi connectivity index (χ1) is 6.49. The number of carbonyl (C=O) groups is 1. The third-order valence-electron chi connectivity index (χ3n) is 2.54. The predicted molar refractivity (Wildman–Crippen MR) is 65.2 cm³/mol. The van der Waals surface area contributed by atoms with Crippen molar-refractivity contribution in [2.24, 2.45) is 17.6 Å². The smallest absolute Gasteiger partial charge is 0.320 e. The summed E-state index contributed by atoms with van der Waals surface area (Å²) in [6.07, 6.45) is 4.79. The highest BCUT2D eigenvalue weighted by atomic mass is 35.5. The van der Waals surface area contributed by atoms with Gasteiger partial charge in [0.25, 0.3) is 0 Å². The Bertz CT molecular complexity index is 197. The molecule has 0 radical (unpaired) electrons. The Morgan fingerprint density at radius 3 is 2.47 bits per heavy atom. The maximum absolute atomic E-state index is 10.6. The standard InChI is InChI=1S/C11H21NO2.ClH/c1-4-5-6-8(2)7-9(3)10(12)11(13)14;/h4,8-10H,1,5-7,12H2,2-3H3,(H,13,14);1H. The van der Waals surface area contributed by atoms with Gasteiger partial charge in [-0.05, 0) is 31.1 Å².